The van der Waals surface area contributed by atoms with Crippen LogP contribution >= 0.6 is 11.8 Å². The monoisotopic (exact) mass is 251 g/mol. The molecule has 0 radical (unpaired) electrons. The number of rotatable bonds is 3. The summed E-state index contributed by atoms with van der Waals surface area (Å²) in [5.41, 5.74) is 0.176. The maximum absolute atomic E-state index is 11.1. The third kappa shape index (κ3) is 2.59. The van der Waals surface area contributed by atoms with Gasteiger partial charge in [0.1, 0.15) is 11.4 Å². The number of hydrogen-bond donors (Lipinski definition) is 0. The number of aromatic nitrogens is 5. The van der Waals surface area contributed by atoms with E-state index in [-0.39, 0.29) is 5.69 Å². The van der Waals surface area contributed by atoms with E-state index in [2.05, 4.69) is 24.8 Å². The number of esters is 1. The first-order valence-corrected chi connectivity index (χ1v) is 5.44. The summed E-state index contributed by atoms with van der Waals surface area (Å²) in [5.74, 6) is -0.507. The predicted molar refractivity (Wildman–Crippen MR) is 58.5 cm³/mol. The molecule has 2 heterocycles. The Labute approximate surface area is 101 Å². The summed E-state index contributed by atoms with van der Waals surface area (Å²) >= 11 is 1.31. The largest absolute Gasteiger partial charge is 0.464 e. The van der Waals surface area contributed by atoms with Gasteiger partial charge < -0.3 is 4.74 Å². The predicted octanol–water partition coefficient (Wildman–Crippen LogP) is 0.543. The molecule has 0 aromatic carbocycles. The van der Waals surface area contributed by atoms with E-state index in [1.54, 1.807) is 11.7 Å². The number of nitrogens with zero attached hydrogens (tertiary/aromatic N) is 5. The lowest BCUT2D eigenvalue weighted by atomic mass is 10.5. The smallest absolute Gasteiger partial charge is 0.358 e. The van der Waals surface area contributed by atoms with Crippen LogP contribution in [0.2, 0.25) is 0 Å². The van der Waals surface area contributed by atoms with Crippen LogP contribution in [0.5, 0.6) is 0 Å². The molecule has 2 aromatic rings. The van der Waals surface area contributed by atoms with Crippen molar-refractivity contribution in [2.45, 2.75) is 10.2 Å². The van der Waals surface area contributed by atoms with Crippen LogP contribution < -0.4 is 0 Å². The molecule has 0 N–H and O–H groups in total. The molecule has 2 rings (SSSR count). The fraction of sp³-hybridized carbons (Fsp3) is 0.222. The van der Waals surface area contributed by atoms with Crippen LogP contribution in [0.3, 0.4) is 0 Å². The zero-order valence-corrected chi connectivity index (χ0v) is 10.0. The summed E-state index contributed by atoms with van der Waals surface area (Å²) < 4.78 is 6.15. The van der Waals surface area contributed by atoms with Gasteiger partial charge in [-0.3, -0.25) is 0 Å². The van der Waals surface area contributed by atoms with E-state index in [0.29, 0.717) is 10.2 Å². The van der Waals surface area contributed by atoms with E-state index in [9.17, 15) is 4.79 Å². The highest BCUT2D eigenvalue weighted by molar-refractivity contribution is 7.99. The maximum atomic E-state index is 11.1. The molecule has 0 saturated heterocycles. The number of aryl methyl sites for hydroxylation is 1. The fourth-order valence-electron chi connectivity index (χ4n) is 1.05. The van der Waals surface area contributed by atoms with Gasteiger partial charge in [-0.05, 0) is 11.8 Å². The maximum Gasteiger partial charge on any atom is 0.358 e. The first-order chi connectivity index (χ1) is 8.20. The van der Waals surface area contributed by atoms with Crippen LogP contribution in [0.25, 0.3) is 0 Å². The lowest BCUT2D eigenvalue weighted by Gasteiger charge is -2.00. The van der Waals surface area contributed by atoms with Gasteiger partial charge in [0.05, 0.1) is 19.5 Å². The van der Waals surface area contributed by atoms with E-state index in [1.165, 1.54) is 37.6 Å². The van der Waals surface area contributed by atoms with E-state index in [1.807, 2.05) is 0 Å². The van der Waals surface area contributed by atoms with Gasteiger partial charge in [0.2, 0.25) is 0 Å². The van der Waals surface area contributed by atoms with Crippen molar-refractivity contribution in [1.29, 1.82) is 0 Å². The van der Waals surface area contributed by atoms with Crippen molar-refractivity contribution in [1.82, 2.24) is 24.7 Å². The SMILES string of the molecule is COC(=O)c1cnc(Sc2ncnn2C)cn1. The van der Waals surface area contributed by atoms with Crippen molar-refractivity contribution in [3.8, 4) is 0 Å². The van der Waals surface area contributed by atoms with Crippen molar-refractivity contribution in [2.75, 3.05) is 7.11 Å². The number of carbonyl (C=O) groups is 1. The average Bonchev–Trinajstić information content (AvgIpc) is 2.75. The Balaban J connectivity index is 2.14. The molecule has 0 aliphatic carbocycles. The van der Waals surface area contributed by atoms with Gasteiger partial charge in [-0.15, -0.1) is 0 Å². The van der Waals surface area contributed by atoms with Crippen LogP contribution in [0.1, 0.15) is 10.5 Å². The summed E-state index contributed by atoms with van der Waals surface area (Å²) in [6.07, 6.45) is 4.31. The molecular formula is C9H9N5O2S. The highest BCUT2D eigenvalue weighted by Crippen LogP contribution is 2.21. The van der Waals surface area contributed by atoms with Gasteiger partial charge in [0.15, 0.2) is 10.9 Å². The van der Waals surface area contributed by atoms with E-state index >= 15 is 0 Å². The van der Waals surface area contributed by atoms with Crippen LogP contribution in [-0.2, 0) is 11.8 Å². The fourth-order valence-corrected chi connectivity index (χ4v) is 1.73. The number of hydrogen-bond acceptors (Lipinski definition) is 7. The van der Waals surface area contributed by atoms with Gasteiger partial charge in [0.25, 0.3) is 0 Å². The molecule has 0 fully saturated rings. The minimum absolute atomic E-state index is 0.176. The second-order valence-electron chi connectivity index (χ2n) is 3.00. The second-order valence-corrected chi connectivity index (χ2v) is 3.99. The topological polar surface area (TPSA) is 82.8 Å². The molecule has 0 bridgehead atoms. The number of carbonyl (C=O) groups excluding carboxylic acids is 1. The minimum atomic E-state index is -0.507. The Morgan fingerprint density at radius 1 is 1.35 bits per heavy atom. The molecule has 0 aliphatic heterocycles. The molecular weight excluding hydrogens is 242 g/mol. The summed E-state index contributed by atoms with van der Waals surface area (Å²) in [4.78, 5) is 23.2. The zero-order chi connectivity index (χ0) is 12.3. The lowest BCUT2D eigenvalue weighted by Crippen LogP contribution is -2.04. The van der Waals surface area contributed by atoms with Gasteiger partial charge in [0, 0.05) is 7.05 Å². The van der Waals surface area contributed by atoms with Crippen LogP contribution in [0.15, 0.2) is 28.9 Å². The van der Waals surface area contributed by atoms with Crippen LogP contribution in [-0.4, -0.2) is 37.8 Å². The highest BCUT2D eigenvalue weighted by atomic mass is 32.2. The second kappa shape index (κ2) is 4.91. The molecule has 0 saturated carbocycles. The molecule has 7 nitrogen and oxygen atoms in total. The number of methoxy groups -OCH3 is 1. The third-order valence-electron chi connectivity index (χ3n) is 1.89. The van der Waals surface area contributed by atoms with Crippen molar-refractivity contribution in [3.63, 3.8) is 0 Å². The molecule has 0 atom stereocenters. The average molecular weight is 251 g/mol. The van der Waals surface area contributed by atoms with Crippen molar-refractivity contribution >= 4 is 17.7 Å². The molecule has 0 unspecified atom stereocenters. The van der Waals surface area contributed by atoms with Crippen LogP contribution in [0.4, 0.5) is 0 Å². The molecule has 2 aromatic heterocycles. The molecule has 88 valence electrons. The molecule has 0 aliphatic rings. The summed E-state index contributed by atoms with van der Waals surface area (Å²) in [5, 5.41) is 5.27. The Morgan fingerprint density at radius 3 is 2.71 bits per heavy atom. The summed E-state index contributed by atoms with van der Waals surface area (Å²) in [6.45, 7) is 0. The number of ether oxygens (including phenoxy) is 1. The van der Waals surface area contributed by atoms with E-state index in [0.717, 1.165) is 0 Å². The standard InChI is InChI=1S/C9H9N5O2S/c1-14-9(12-5-13-14)17-7-4-10-6(3-11-7)8(15)16-2/h3-5H,1-2H3. The molecule has 0 amide bonds. The minimum Gasteiger partial charge on any atom is -0.464 e. The lowest BCUT2D eigenvalue weighted by molar-refractivity contribution is 0.0593. The Bertz CT molecular complexity index is 524. The third-order valence-corrected chi connectivity index (χ3v) is 2.86. The van der Waals surface area contributed by atoms with E-state index in [4.69, 9.17) is 0 Å². The Hall–Kier alpha value is -1.96. The van der Waals surface area contributed by atoms with Gasteiger partial charge >= 0.3 is 5.97 Å². The zero-order valence-electron chi connectivity index (χ0n) is 9.19. The quantitative estimate of drug-likeness (QED) is 0.736. The van der Waals surface area contributed by atoms with E-state index < -0.39 is 5.97 Å². The molecule has 8 heteroatoms. The first kappa shape index (κ1) is 11.5. The van der Waals surface area contributed by atoms with Crippen molar-refractivity contribution in [2.24, 2.45) is 7.05 Å². The van der Waals surface area contributed by atoms with Crippen molar-refractivity contribution in [3.05, 3.63) is 24.4 Å². The Morgan fingerprint density at radius 2 is 2.18 bits per heavy atom. The summed E-state index contributed by atoms with van der Waals surface area (Å²) in [6, 6.07) is 0. The normalized spacial score (nSPS) is 10.2. The van der Waals surface area contributed by atoms with Gasteiger partial charge in [-0.25, -0.2) is 24.4 Å². The molecule has 0 spiro atoms. The van der Waals surface area contributed by atoms with Gasteiger partial charge in [-0.2, -0.15) is 5.10 Å². The van der Waals surface area contributed by atoms with Gasteiger partial charge in [-0.1, -0.05) is 0 Å². The Kier molecular flexibility index (Phi) is 3.33. The molecule has 17 heavy (non-hydrogen) atoms. The highest BCUT2D eigenvalue weighted by Gasteiger charge is 2.09. The first-order valence-electron chi connectivity index (χ1n) is 4.63. The van der Waals surface area contributed by atoms with Crippen molar-refractivity contribution < 1.29 is 9.53 Å². The van der Waals surface area contributed by atoms with Crippen LogP contribution in [0, 0.1) is 0 Å². The summed E-state index contributed by atoms with van der Waals surface area (Å²) in [7, 11) is 3.08.